The molecule has 3 rings (SSSR count). The first-order chi connectivity index (χ1) is 9.45. The summed E-state index contributed by atoms with van der Waals surface area (Å²) in [5, 5.41) is 4.19. The summed E-state index contributed by atoms with van der Waals surface area (Å²) in [6.45, 7) is 0. The Labute approximate surface area is 138 Å². The van der Waals surface area contributed by atoms with Crippen molar-refractivity contribution in [2.24, 2.45) is 0 Å². The van der Waals surface area contributed by atoms with Gasteiger partial charge in [-0.15, -0.1) is 0 Å². The van der Waals surface area contributed by atoms with Gasteiger partial charge in [0.25, 0.3) is 0 Å². The average Bonchev–Trinajstić information content (AvgIpc) is 2.51. The lowest BCUT2D eigenvalue weighted by molar-refractivity contribution is -0.00000358. The molecule has 0 aromatic heterocycles. The molecule has 0 aliphatic rings. The fourth-order valence-corrected chi connectivity index (χ4v) is 4.48. The van der Waals surface area contributed by atoms with Gasteiger partial charge in [0.2, 0.25) is 24.0 Å². The maximum atomic E-state index is 2.23. The molecule has 0 saturated carbocycles. The molecule has 0 heterocycles. The number of hydrogen-bond acceptors (Lipinski definition) is 0. The second kappa shape index (κ2) is 7.56. The van der Waals surface area contributed by atoms with E-state index in [2.05, 4.69) is 91.0 Å². The van der Waals surface area contributed by atoms with E-state index in [4.69, 9.17) is 0 Å². The van der Waals surface area contributed by atoms with Crippen molar-refractivity contribution in [1.29, 1.82) is 0 Å². The van der Waals surface area contributed by atoms with E-state index in [1.54, 1.807) is 0 Å². The van der Waals surface area contributed by atoms with Crippen molar-refractivity contribution < 1.29 is 24.0 Å². The van der Waals surface area contributed by atoms with Crippen LogP contribution in [-0.2, 0) is 0 Å². The molecule has 0 saturated heterocycles. The zero-order valence-corrected chi connectivity index (χ0v) is 14.5. The van der Waals surface area contributed by atoms with Crippen molar-refractivity contribution >= 4 is 23.8 Å². The van der Waals surface area contributed by atoms with Crippen LogP contribution >= 0.6 is 7.92 Å². The summed E-state index contributed by atoms with van der Waals surface area (Å²) in [6, 6.07) is 32.3. The van der Waals surface area contributed by atoms with Gasteiger partial charge in [-0.2, -0.15) is 0 Å². The summed E-state index contributed by atoms with van der Waals surface area (Å²) in [4.78, 5) is 0. The van der Waals surface area contributed by atoms with Gasteiger partial charge in [0, 0.05) is 0 Å². The monoisotopic (exact) mass is 391 g/mol. The van der Waals surface area contributed by atoms with Crippen LogP contribution in [0.3, 0.4) is 0 Å². The van der Waals surface area contributed by atoms with Crippen molar-refractivity contribution in [3.63, 3.8) is 0 Å². The van der Waals surface area contributed by atoms with Crippen molar-refractivity contribution in [2.75, 3.05) is 0 Å². The highest BCUT2D eigenvalue weighted by atomic mass is 127. The topological polar surface area (TPSA) is 0 Å². The Hall–Kier alpha value is -1.18. The van der Waals surface area contributed by atoms with Gasteiger partial charge in [-0.1, -0.05) is 91.0 Å². The molecule has 0 unspecified atom stereocenters. The maximum Gasteiger partial charge on any atom is 0.235 e. The van der Waals surface area contributed by atoms with Gasteiger partial charge in [0.15, 0.2) is 0 Å². The zero-order chi connectivity index (χ0) is 12.9. The fourth-order valence-electron chi connectivity index (χ4n) is 2.18. The first kappa shape index (κ1) is 15.2. The third kappa shape index (κ3) is 3.47. The molecule has 20 heavy (non-hydrogen) atoms. The smallest absolute Gasteiger partial charge is 0.0622 e. The Morgan fingerprint density at radius 2 is 0.650 bits per heavy atom. The molecule has 0 atom stereocenters. The second-order valence-corrected chi connectivity index (χ2v) is 6.56. The standard InChI is InChI=1S/C18H15P.H2I/c1-4-10-16(11-5-1)19(17-12-6-2-7-13-17)18-14-8-3-9-15-18;/h1-15H;1H2/q;+1. The molecular weight excluding hydrogens is 374 g/mol. The van der Waals surface area contributed by atoms with E-state index in [-0.39, 0.29) is 24.0 Å². The lowest BCUT2D eigenvalue weighted by Crippen LogP contribution is -3.00. The highest BCUT2D eigenvalue weighted by Gasteiger charge is 2.14. The summed E-state index contributed by atoms with van der Waals surface area (Å²) >= 11 is 0. The van der Waals surface area contributed by atoms with Crippen LogP contribution in [0.5, 0.6) is 0 Å². The highest BCUT2D eigenvalue weighted by Crippen LogP contribution is 2.32. The van der Waals surface area contributed by atoms with E-state index in [1.807, 2.05) is 0 Å². The minimum atomic E-state index is -0.446. The number of rotatable bonds is 3. The normalized spacial score (nSPS) is 10.1. The molecule has 3 aromatic rings. The Bertz CT molecular complexity index is 529. The second-order valence-electron chi connectivity index (χ2n) is 4.34. The van der Waals surface area contributed by atoms with E-state index >= 15 is 0 Å². The summed E-state index contributed by atoms with van der Waals surface area (Å²) in [7, 11) is -0.446. The lowest BCUT2D eigenvalue weighted by atomic mass is 10.4. The predicted molar refractivity (Wildman–Crippen MR) is 87.9 cm³/mol. The molecule has 0 radical (unpaired) electrons. The first-order valence-corrected chi connectivity index (χ1v) is 7.74. The van der Waals surface area contributed by atoms with Crippen LogP contribution in [0.25, 0.3) is 0 Å². The van der Waals surface area contributed by atoms with E-state index in [1.165, 1.54) is 15.9 Å². The molecule has 0 N–H and O–H groups in total. The van der Waals surface area contributed by atoms with Crippen LogP contribution in [0.4, 0.5) is 0 Å². The van der Waals surface area contributed by atoms with Crippen LogP contribution in [0.15, 0.2) is 91.0 Å². The van der Waals surface area contributed by atoms with Crippen molar-refractivity contribution in [3.05, 3.63) is 91.0 Å². The molecule has 0 fully saturated rings. The van der Waals surface area contributed by atoms with Gasteiger partial charge in [-0.05, 0) is 23.8 Å². The molecule has 0 amide bonds. The molecular formula is C18H17IP+. The van der Waals surface area contributed by atoms with Crippen LogP contribution in [0.2, 0.25) is 0 Å². The highest BCUT2D eigenvalue weighted by molar-refractivity contribution is 7.79. The Morgan fingerprint density at radius 3 is 0.900 bits per heavy atom. The van der Waals surface area contributed by atoms with Crippen LogP contribution in [0, 0.1) is 0 Å². The molecule has 0 bridgehead atoms. The minimum absolute atomic E-state index is 0. The van der Waals surface area contributed by atoms with Crippen LogP contribution in [-0.4, -0.2) is 0 Å². The summed E-state index contributed by atoms with van der Waals surface area (Å²) in [5.41, 5.74) is 0. The number of halogens is 1. The molecule has 0 aliphatic carbocycles. The summed E-state index contributed by atoms with van der Waals surface area (Å²) in [6.07, 6.45) is 0. The van der Waals surface area contributed by atoms with Crippen molar-refractivity contribution in [3.8, 4) is 0 Å². The third-order valence-corrected chi connectivity index (χ3v) is 5.49. The fraction of sp³-hybridized carbons (Fsp3) is 0. The van der Waals surface area contributed by atoms with E-state index in [9.17, 15) is 0 Å². The van der Waals surface area contributed by atoms with E-state index in [0.717, 1.165) is 0 Å². The molecule has 2 heteroatoms. The van der Waals surface area contributed by atoms with Gasteiger partial charge in [-0.3, -0.25) is 0 Å². The van der Waals surface area contributed by atoms with E-state index in [0.29, 0.717) is 0 Å². The molecule has 3 aromatic carbocycles. The van der Waals surface area contributed by atoms with Gasteiger partial charge < -0.3 is 0 Å². The number of hydrogen-bond donors (Lipinski definition) is 0. The first-order valence-electron chi connectivity index (χ1n) is 6.40. The largest absolute Gasteiger partial charge is 0.235 e. The molecule has 0 spiro atoms. The lowest BCUT2D eigenvalue weighted by Gasteiger charge is -2.18. The number of benzene rings is 3. The Balaban J connectivity index is 0.00000147. The summed E-state index contributed by atoms with van der Waals surface area (Å²) < 4.78 is 0. The van der Waals surface area contributed by atoms with Crippen molar-refractivity contribution in [1.82, 2.24) is 0 Å². The van der Waals surface area contributed by atoms with Gasteiger partial charge in [-0.25, -0.2) is 0 Å². The Kier molecular flexibility index (Phi) is 5.75. The van der Waals surface area contributed by atoms with Crippen LogP contribution < -0.4 is 39.9 Å². The quantitative estimate of drug-likeness (QED) is 0.433. The molecule has 0 nitrogen and oxygen atoms in total. The van der Waals surface area contributed by atoms with Gasteiger partial charge in [0.1, 0.15) is 0 Å². The third-order valence-electron chi connectivity index (χ3n) is 3.04. The molecule has 0 aliphatic heterocycles. The Morgan fingerprint density at radius 1 is 0.400 bits per heavy atom. The van der Waals surface area contributed by atoms with E-state index < -0.39 is 7.92 Å². The summed E-state index contributed by atoms with van der Waals surface area (Å²) in [5.74, 6) is 0. The predicted octanol–water partition coefficient (Wildman–Crippen LogP) is -0.0866. The average molecular weight is 391 g/mol. The van der Waals surface area contributed by atoms with Gasteiger partial charge >= 0.3 is 0 Å². The minimum Gasteiger partial charge on any atom is -0.0622 e. The maximum absolute atomic E-state index is 2.23. The van der Waals surface area contributed by atoms with Crippen molar-refractivity contribution in [2.45, 2.75) is 0 Å². The molecule has 100 valence electrons. The SMILES string of the molecule is [IH2+].c1ccc(P(c2ccccc2)c2ccccc2)cc1. The van der Waals surface area contributed by atoms with Gasteiger partial charge in [0.05, 0.1) is 0 Å². The van der Waals surface area contributed by atoms with Crippen LogP contribution in [0.1, 0.15) is 0 Å². The zero-order valence-electron chi connectivity index (χ0n) is 11.1.